The van der Waals surface area contributed by atoms with Crippen LogP contribution < -0.4 is 0 Å². The Morgan fingerprint density at radius 1 is 0.929 bits per heavy atom. The Kier molecular flexibility index (Phi) is 5.62. The molecule has 0 spiro atoms. The molecule has 0 aliphatic carbocycles. The minimum absolute atomic E-state index is 0.0169. The fourth-order valence-corrected chi connectivity index (χ4v) is 4.26. The van der Waals surface area contributed by atoms with Gasteiger partial charge in [-0.25, -0.2) is 4.98 Å². The first kappa shape index (κ1) is 18.9. The van der Waals surface area contributed by atoms with Crippen molar-refractivity contribution in [2.45, 2.75) is 38.6 Å². The lowest BCUT2D eigenvalue weighted by molar-refractivity contribution is -0.137. The monoisotopic (exact) mass is 383 g/mol. The molecule has 2 aliphatic heterocycles. The summed E-state index contributed by atoms with van der Waals surface area (Å²) in [6.07, 6.45) is 10.3. The summed E-state index contributed by atoms with van der Waals surface area (Å²) >= 11 is 0. The van der Waals surface area contributed by atoms with Crippen LogP contribution in [0, 0.1) is 0 Å². The Labute approximate surface area is 165 Å². The molecule has 0 saturated carbocycles. The maximum absolute atomic E-state index is 12.9. The van der Waals surface area contributed by atoms with Crippen LogP contribution in [0.2, 0.25) is 0 Å². The molecule has 0 aromatic carbocycles. The molecule has 0 N–H and O–H groups in total. The second-order valence-corrected chi connectivity index (χ2v) is 7.85. The Bertz CT molecular complexity index is 832. The molecule has 7 nitrogen and oxygen atoms in total. The van der Waals surface area contributed by atoms with Crippen molar-refractivity contribution in [1.82, 2.24) is 24.1 Å². The molecule has 0 radical (unpaired) electrons. The summed E-state index contributed by atoms with van der Waals surface area (Å²) in [5.74, 6) is 0.220. The van der Waals surface area contributed by atoms with Crippen LogP contribution in [0.25, 0.3) is 5.65 Å². The van der Waals surface area contributed by atoms with Crippen LogP contribution in [0.3, 0.4) is 0 Å². The van der Waals surface area contributed by atoms with Gasteiger partial charge in [0.15, 0.2) is 0 Å². The van der Waals surface area contributed by atoms with Gasteiger partial charge in [0.2, 0.25) is 5.91 Å². The van der Waals surface area contributed by atoms with E-state index >= 15 is 0 Å². The zero-order valence-electron chi connectivity index (χ0n) is 16.6. The van der Waals surface area contributed by atoms with Gasteiger partial charge in [-0.15, -0.1) is 0 Å². The van der Waals surface area contributed by atoms with Crippen LogP contribution >= 0.6 is 0 Å². The van der Waals surface area contributed by atoms with Gasteiger partial charge in [-0.2, -0.15) is 0 Å². The van der Waals surface area contributed by atoms with Crippen LogP contribution in [0.15, 0.2) is 30.7 Å². The minimum atomic E-state index is -0.0657. The first-order valence-corrected chi connectivity index (χ1v) is 10.4. The fraction of sp³-hybridized carbons (Fsp3) is 0.571. The molecule has 4 heterocycles. The summed E-state index contributed by atoms with van der Waals surface area (Å²) in [5, 5.41) is 0. The molecule has 2 aromatic rings. The van der Waals surface area contributed by atoms with Crippen molar-refractivity contribution in [3.63, 3.8) is 0 Å². The van der Waals surface area contributed by atoms with Crippen LogP contribution in [0.5, 0.6) is 0 Å². The SMILES string of the molecule is CC(C(=O)N1CCN(C(=O)c2ccc3nccn3c2)CC1)N1CCCCCC1. The summed E-state index contributed by atoms with van der Waals surface area (Å²) in [6, 6.07) is 3.61. The average Bonchev–Trinajstić information content (AvgIpc) is 3.04. The first-order valence-electron chi connectivity index (χ1n) is 10.4. The van der Waals surface area contributed by atoms with Crippen LogP contribution in [-0.2, 0) is 4.79 Å². The van der Waals surface area contributed by atoms with E-state index in [2.05, 4.69) is 9.88 Å². The van der Waals surface area contributed by atoms with Crippen molar-refractivity contribution >= 4 is 17.5 Å². The number of piperazine rings is 1. The molecule has 1 unspecified atom stereocenters. The number of carbonyl (C=O) groups is 2. The summed E-state index contributed by atoms with van der Waals surface area (Å²) in [4.78, 5) is 36.1. The molecule has 28 heavy (non-hydrogen) atoms. The standard InChI is InChI=1S/C21H29N5O2/c1-17(23-9-4-2-3-5-10-23)20(27)24-12-14-25(15-13-24)21(28)18-6-7-19-22-8-11-26(19)16-18/h6-8,11,16-17H,2-5,9-10,12-15H2,1H3. The topological polar surface area (TPSA) is 61.2 Å². The molecule has 2 fully saturated rings. The molecule has 150 valence electrons. The number of rotatable bonds is 3. The minimum Gasteiger partial charge on any atom is -0.338 e. The van der Waals surface area contributed by atoms with E-state index in [0.717, 1.165) is 18.7 Å². The van der Waals surface area contributed by atoms with E-state index in [9.17, 15) is 9.59 Å². The van der Waals surface area contributed by atoms with Crippen LogP contribution in [0.1, 0.15) is 43.0 Å². The number of nitrogens with zero attached hydrogens (tertiary/aromatic N) is 5. The largest absolute Gasteiger partial charge is 0.338 e. The lowest BCUT2D eigenvalue weighted by Gasteiger charge is -2.38. The molecule has 0 bridgehead atoms. The number of fused-ring (bicyclic) bond motifs is 1. The van der Waals surface area contributed by atoms with Crippen LogP contribution in [0.4, 0.5) is 0 Å². The molecule has 7 heteroatoms. The van der Waals surface area contributed by atoms with Gasteiger partial charge in [0.05, 0.1) is 11.6 Å². The van der Waals surface area contributed by atoms with Gasteiger partial charge < -0.3 is 14.2 Å². The second-order valence-electron chi connectivity index (χ2n) is 7.85. The van der Waals surface area contributed by atoms with E-state index in [1.165, 1.54) is 25.7 Å². The lowest BCUT2D eigenvalue weighted by Crippen LogP contribution is -2.55. The van der Waals surface area contributed by atoms with E-state index in [4.69, 9.17) is 0 Å². The van der Waals surface area contributed by atoms with Gasteiger partial charge in [-0.05, 0) is 45.0 Å². The Morgan fingerprint density at radius 3 is 2.32 bits per heavy atom. The van der Waals surface area contributed by atoms with Crippen molar-refractivity contribution in [2.75, 3.05) is 39.3 Å². The molecule has 2 amide bonds. The van der Waals surface area contributed by atoms with Gasteiger partial charge in [-0.3, -0.25) is 14.5 Å². The Hall–Kier alpha value is -2.41. The maximum Gasteiger partial charge on any atom is 0.255 e. The summed E-state index contributed by atoms with van der Waals surface area (Å²) in [6.45, 7) is 6.44. The number of imidazole rings is 1. The summed E-state index contributed by atoms with van der Waals surface area (Å²) < 4.78 is 1.86. The third-order valence-electron chi connectivity index (χ3n) is 6.06. The number of hydrogen-bond acceptors (Lipinski definition) is 4. The van der Waals surface area contributed by atoms with Gasteiger partial charge in [0, 0.05) is 44.8 Å². The third-order valence-corrected chi connectivity index (χ3v) is 6.06. The predicted molar refractivity (Wildman–Crippen MR) is 107 cm³/mol. The molecule has 2 aliphatic rings. The molecule has 2 saturated heterocycles. The fourth-order valence-electron chi connectivity index (χ4n) is 4.26. The number of amides is 2. The highest BCUT2D eigenvalue weighted by atomic mass is 16.2. The van der Waals surface area contributed by atoms with Crippen molar-refractivity contribution in [3.05, 3.63) is 36.3 Å². The van der Waals surface area contributed by atoms with E-state index in [1.54, 1.807) is 6.20 Å². The van der Waals surface area contributed by atoms with E-state index in [-0.39, 0.29) is 17.9 Å². The maximum atomic E-state index is 12.9. The normalized spacial score (nSPS) is 20.2. The van der Waals surface area contributed by atoms with Gasteiger partial charge >= 0.3 is 0 Å². The molecule has 2 aromatic heterocycles. The lowest BCUT2D eigenvalue weighted by atomic mass is 10.2. The number of pyridine rings is 1. The summed E-state index contributed by atoms with van der Waals surface area (Å²) in [5.41, 5.74) is 1.48. The Balaban J connectivity index is 1.34. The first-order chi connectivity index (χ1) is 13.6. The smallest absolute Gasteiger partial charge is 0.255 e. The molecule has 4 rings (SSSR count). The third kappa shape index (κ3) is 3.90. The van der Waals surface area contributed by atoms with E-state index < -0.39 is 0 Å². The second kappa shape index (κ2) is 8.31. The van der Waals surface area contributed by atoms with Gasteiger partial charge in [-0.1, -0.05) is 12.8 Å². The average molecular weight is 383 g/mol. The number of aromatic nitrogens is 2. The number of likely N-dealkylation sites (tertiary alicyclic amines) is 1. The van der Waals surface area contributed by atoms with Crippen molar-refractivity contribution in [2.24, 2.45) is 0 Å². The quantitative estimate of drug-likeness (QED) is 0.812. The number of hydrogen-bond donors (Lipinski definition) is 0. The van der Waals surface area contributed by atoms with Crippen molar-refractivity contribution in [1.29, 1.82) is 0 Å². The number of carbonyl (C=O) groups excluding carboxylic acids is 2. The highest BCUT2D eigenvalue weighted by Gasteiger charge is 2.30. The highest BCUT2D eigenvalue weighted by molar-refractivity contribution is 5.94. The predicted octanol–water partition coefficient (Wildman–Crippen LogP) is 1.88. The Morgan fingerprint density at radius 2 is 1.61 bits per heavy atom. The van der Waals surface area contributed by atoms with E-state index in [1.807, 2.05) is 45.7 Å². The van der Waals surface area contributed by atoms with Gasteiger partial charge in [0.25, 0.3) is 5.91 Å². The van der Waals surface area contributed by atoms with Crippen molar-refractivity contribution in [3.8, 4) is 0 Å². The zero-order chi connectivity index (χ0) is 19.5. The zero-order valence-corrected chi connectivity index (χ0v) is 16.6. The van der Waals surface area contributed by atoms with Crippen molar-refractivity contribution < 1.29 is 9.59 Å². The van der Waals surface area contributed by atoms with Crippen LogP contribution in [-0.4, -0.2) is 81.2 Å². The molecular formula is C21H29N5O2. The van der Waals surface area contributed by atoms with Gasteiger partial charge in [0.1, 0.15) is 5.65 Å². The highest BCUT2D eigenvalue weighted by Crippen LogP contribution is 2.16. The van der Waals surface area contributed by atoms with E-state index in [0.29, 0.717) is 31.7 Å². The summed E-state index contributed by atoms with van der Waals surface area (Å²) in [7, 11) is 0. The molecule has 1 atom stereocenters. The molecular weight excluding hydrogens is 354 g/mol.